The van der Waals surface area contributed by atoms with Crippen LogP contribution in [0.5, 0.6) is 0 Å². The van der Waals surface area contributed by atoms with Crippen molar-refractivity contribution in [1.29, 1.82) is 0 Å². The van der Waals surface area contributed by atoms with E-state index in [2.05, 4.69) is 26.6 Å². The van der Waals surface area contributed by atoms with Crippen molar-refractivity contribution in [3.63, 3.8) is 0 Å². The topological polar surface area (TPSA) is 58.2 Å². The van der Waals surface area contributed by atoms with Crippen LogP contribution in [0.2, 0.25) is 0 Å². The van der Waals surface area contributed by atoms with E-state index in [-0.39, 0.29) is 29.3 Å². The van der Waals surface area contributed by atoms with E-state index in [9.17, 15) is 14.0 Å². The van der Waals surface area contributed by atoms with Crippen LogP contribution in [0.1, 0.15) is 30.1 Å². The molecule has 0 spiro atoms. The predicted molar refractivity (Wildman–Crippen MR) is 74.4 cm³/mol. The normalized spacial score (nSPS) is 10.1. The average molecular weight is 331 g/mol. The molecule has 19 heavy (non-hydrogen) atoms. The van der Waals surface area contributed by atoms with Crippen LogP contribution in [-0.4, -0.2) is 24.9 Å². The lowest BCUT2D eigenvalue weighted by molar-refractivity contribution is -0.120. The van der Waals surface area contributed by atoms with Crippen molar-refractivity contribution in [2.75, 3.05) is 13.1 Å². The molecule has 0 unspecified atom stereocenters. The van der Waals surface area contributed by atoms with Crippen LogP contribution in [0.4, 0.5) is 4.39 Å². The molecule has 1 rings (SSSR count). The number of hydrogen-bond acceptors (Lipinski definition) is 2. The third-order valence-electron chi connectivity index (χ3n) is 2.39. The average Bonchev–Trinajstić information content (AvgIpc) is 2.39. The molecule has 0 saturated carbocycles. The largest absolute Gasteiger partial charge is 0.356 e. The fraction of sp³-hybridized carbons (Fsp3) is 0.385. The number of rotatable bonds is 6. The second-order valence-corrected chi connectivity index (χ2v) is 4.84. The smallest absolute Gasteiger partial charge is 0.251 e. The molecule has 0 saturated heterocycles. The van der Waals surface area contributed by atoms with E-state index >= 15 is 0 Å². The Morgan fingerprint density at radius 2 is 2.00 bits per heavy atom. The summed E-state index contributed by atoms with van der Waals surface area (Å²) in [7, 11) is 0. The number of amides is 2. The Balaban J connectivity index is 2.39. The summed E-state index contributed by atoms with van der Waals surface area (Å²) in [5.41, 5.74) is 0.349. The van der Waals surface area contributed by atoms with Crippen LogP contribution in [0, 0.1) is 5.82 Å². The highest BCUT2D eigenvalue weighted by Gasteiger charge is 2.08. The summed E-state index contributed by atoms with van der Waals surface area (Å²) in [4.78, 5) is 23.0. The van der Waals surface area contributed by atoms with E-state index in [1.54, 1.807) is 0 Å². The van der Waals surface area contributed by atoms with Crippen LogP contribution in [0.15, 0.2) is 22.7 Å². The first-order valence-electron chi connectivity index (χ1n) is 6.04. The molecule has 0 bridgehead atoms. The quantitative estimate of drug-likeness (QED) is 0.840. The van der Waals surface area contributed by atoms with Crippen LogP contribution in [-0.2, 0) is 4.79 Å². The highest BCUT2D eigenvalue weighted by molar-refractivity contribution is 9.10. The molecule has 0 radical (unpaired) electrons. The van der Waals surface area contributed by atoms with Crippen LogP contribution in [0.3, 0.4) is 0 Å². The Hall–Kier alpha value is -1.43. The second-order valence-electron chi connectivity index (χ2n) is 3.98. The van der Waals surface area contributed by atoms with Crippen molar-refractivity contribution < 1.29 is 14.0 Å². The van der Waals surface area contributed by atoms with E-state index in [0.717, 1.165) is 6.42 Å². The van der Waals surface area contributed by atoms with Gasteiger partial charge in [0.2, 0.25) is 5.91 Å². The van der Waals surface area contributed by atoms with Gasteiger partial charge in [0.15, 0.2) is 0 Å². The molecule has 0 aromatic heterocycles. The zero-order valence-corrected chi connectivity index (χ0v) is 12.2. The van der Waals surface area contributed by atoms with Crippen molar-refractivity contribution in [3.05, 3.63) is 34.1 Å². The lowest BCUT2D eigenvalue weighted by Gasteiger charge is -2.06. The maximum absolute atomic E-state index is 13.0. The summed E-state index contributed by atoms with van der Waals surface area (Å²) in [6, 6.07) is 4.02. The molecule has 6 heteroatoms. The number of hydrogen-bond donors (Lipinski definition) is 2. The summed E-state index contributed by atoms with van der Waals surface area (Å²) >= 11 is 3.02. The standard InChI is InChI=1S/C13H16BrFN2O2/c1-2-6-16-12(18)5-7-17-13(19)9-3-4-11(15)10(14)8-9/h3-4,8H,2,5-7H2,1H3,(H,16,18)(H,17,19). The highest BCUT2D eigenvalue weighted by Crippen LogP contribution is 2.16. The zero-order chi connectivity index (χ0) is 14.3. The van der Waals surface area contributed by atoms with Gasteiger partial charge in [-0.1, -0.05) is 6.92 Å². The summed E-state index contributed by atoms with van der Waals surface area (Å²) in [5, 5.41) is 5.32. The molecule has 1 aromatic carbocycles. The SMILES string of the molecule is CCCNC(=O)CCNC(=O)c1ccc(F)c(Br)c1. The molecular weight excluding hydrogens is 315 g/mol. The number of benzene rings is 1. The van der Waals surface area contributed by atoms with E-state index in [1.807, 2.05) is 6.92 Å². The molecule has 1 aromatic rings. The van der Waals surface area contributed by atoms with Gasteiger partial charge in [-0.3, -0.25) is 9.59 Å². The first-order chi connectivity index (χ1) is 9.04. The van der Waals surface area contributed by atoms with Gasteiger partial charge in [-0.25, -0.2) is 4.39 Å². The maximum Gasteiger partial charge on any atom is 0.251 e. The van der Waals surface area contributed by atoms with Crippen molar-refractivity contribution in [3.8, 4) is 0 Å². The van der Waals surface area contributed by atoms with Gasteiger partial charge in [0.25, 0.3) is 5.91 Å². The van der Waals surface area contributed by atoms with Crippen LogP contribution < -0.4 is 10.6 Å². The Morgan fingerprint density at radius 1 is 1.26 bits per heavy atom. The predicted octanol–water partition coefficient (Wildman–Crippen LogP) is 2.23. The fourth-order valence-electron chi connectivity index (χ4n) is 1.38. The fourth-order valence-corrected chi connectivity index (χ4v) is 1.76. The van der Waals surface area contributed by atoms with Gasteiger partial charge in [0.05, 0.1) is 4.47 Å². The number of nitrogens with one attached hydrogen (secondary N) is 2. The number of carbonyl (C=O) groups excluding carboxylic acids is 2. The van der Waals surface area contributed by atoms with Gasteiger partial charge in [0.1, 0.15) is 5.82 Å². The third kappa shape index (κ3) is 5.38. The van der Waals surface area contributed by atoms with E-state index < -0.39 is 5.82 Å². The van der Waals surface area contributed by atoms with E-state index in [0.29, 0.717) is 12.1 Å². The van der Waals surface area contributed by atoms with Crippen LogP contribution in [0.25, 0.3) is 0 Å². The Kier molecular flexibility index (Phi) is 6.49. The first-order valence-corrected chi connectivity index (χ1v) is 6.84. The summed E-state index contributed by atoms with van der Waals surface area (Å²) in [6.07, 6.45) is 1.11. The Bertz CT molecular complexity index is 466. The minimum absolute atomic E-state index is 0.0950. The molecular formula is C13H16BrFN2O2. The van der Waals surface area contributed by atoms with Crippen molar-refractivity contribution in [1.82, 2.24) is 10.6 Å². The lowest BCUT2D eigenvalue weighted by atomic mass is 10.2. The molecule has 104 valence electrons. The molecule has 0 fully saturated rings. The summed E-state index contributed by atoms with van der Waals surface area (Å²) in [6.45, 7) is 2.86. The van der Waals surface area contributed by atoms with Gasteiger partial charge in [0, 0.05) is 25.1 Å². The minimum Gasteiger partial charge on any atom is -0.356 e. The monoisotopic (exact) mass is 330 g/mol. The molecule has 0 aliphatic carbocycles. The van der Waals surface area contributed by atoms with Gasteiger partial charge in [-0.05, 0) is 40.5 Å². The Labute approximate surface area is 119 Å². The molecule has 4 nitrogen and oxygen atoms in total. The molecule has 0 aliphatic heterocycles. The lowest BCUT2D eigenvalue weighted by Crippen LogP contribution is -2.31. The molecule has 2 amide bonds. The van der Waals surface area contributed by atoms with Gasteiger partial charge >= 0.3 is 0 Å². The Morgan fingerprint density at radius 3 is 2.63 bits per heavy atom. The first kappa shape index (κ1) is 15.6. The van der Waals surface area contributed by atoms with Crippen molar-refractivity contribution in [2.45, 2.75) is 19.8 Å². The summed E-state index contributed by atoms with van der Waals surface area (Å²) in [5.74, 6) is -0.845. The molecule has 0 atom stereocenters. The van der Waals surface area contributed by atoms with Gasteiger partial charge in [-0.15, -0.1) is 0 Å². The number of carbonyl (C=O) groups is 2. The van der Waals surface area contributed by atoms with Gasteiger partial charge < -0.3 is 10.6 Å². The highest BCUT2D eigenvalue weighted by atomic mass is 79.9. The molecule has 0 heterocycles. The minimum atomic E-state index is -0.421. The van der Waals surface area contributed by atoms with Gasteiger partial charge in [-0.2, -0.15) is 0 Å². The third-order valence-corrected chi connectivity index (χ3v) is 3.00. The molecule has 0 aliphatic rings. The van der Waals surface area contributed by atoms with E-state index in [4.69, 9.17) is 0 Å². The van der Waals surface area contributed by atoms with Crippen molar-refractivity contribution in [2.24, 2.45) is 0 Å². The molecule has 2 N–H and O–H groups in total. The maximum atomic E-state index is 13.0. The zero-order valence-electron chi connectivity index (χ0n) is 10.6. The summed E-state index contributed by atoms with van der Waals surface area (Å²) < 4.78 is 13.2. The second kappa shape index (κ2) is 7.89. The van der Waals surface area contributed by atoms with Crippen molar-refractivity contribution >= 4 is 27.7 Å². The van der Waals surface area contributed by atoms with Crippen LogP contribution >= 0.6 is 15.9 Å². The number of halogens is 2. The van der Waals surface area contributed by atoms with E-state index in [1.165, 1.54) is 18.2 Å².